The van der Waals surface area contributed by atoms with Gasteiger partial charge >= 0.3 is 0 Å². The zero-order valence-electron chi connectivity index (χ0n) is 24.4. The normalized spacial score (nSPS) is 12.4. The Morgan fingerprint density at radius 2 is 1.23 bits per heavy atom. The van der Waals surface area contributed by atoms with Gasteiger partial charge in [-0.15, -0.1) is 15.3 Å². The molecule has 1 aromatic carbocycles. The maximum atomic E-state index is 5.77. The molecule has 4 aromatic rings. The summed E-state index contributed by atoms with van der Waals surface area (Å²) in [5.41, 5.74) is 3.54. The number of nitrogens with zero attached hydrogens (tertiary/aromatic N) is 10. The van der Waals surface area contributed by atoms with Gasteiger partial charge in [-0.1, -0.05) is 41.1 Å². The fourth-order valence-electron chi connectivity index (χ4n) is 3.95. The van der Waals surface area contributed by atoms with E-state index in [9.17, 15) is 0 Å². The highest BCUT2D eigenvalue weighted by Crippen LogP contribution is 2.18. The number of hydrogen-bond donors (Lipinski definition) is 0. The second-order valence-corrected chi connectivity index (χ2v) is 12.0. The molecule has 0 N–H and O–H groups in total. The topological polar surface area (TPSA) is 105 Å². The SMILES string of the molecule is CCCCOc1ccc(Cn2cc(CN(Cc3cn(C(C)(C)C)nn3)Cc3cn(C(C)(C)C)nn3)nn2)cc1. The van der Waals surface area contributed by atoms with E-state index in [1.807, 2.05) is 44.8 Å². The van der Waals surface area contributed by atoms with Crippen molar-refractivity contribution in [3.05, 3.63) is 65.5 Å². The van der Waals surface area contributed by atoms with Crippen molar-refractivity contribution in [2.75, 3.05) is 6.61 Å². The maximum absolute atomic E-state index is 5.77. The summed E-state index contributed by atoms with van der Waals surface area (Å²) in [6.07, 6.45) is 8.19. The lowest BCUT2D eigenvalue weighted by atomic mass is 10.1. The van der Waals surface area contributed by atoms with E-state index in [-0.39, 0.29) is 11.1 Å². The molecule has 11 heteroatoms. The molecule has 210 valence electrons. The van der Waals surface area contributed by atoms with Crippen LogP contribution in [0, 0.1) is 0 Å². The van der Waals surface area contributed by atoms with Crippen LogP contribution < -0.4 is 4.74 Å². The molecule has 0 atom stereocenters. The van der Waals surface area contributed by atoms with Gasteiger partial charge in [0.1, 0.15) is 5.75 Å². The Bertz CT molecular complexity index is 1250. The molecule has 0 fully saturated rings. The number of aromatic nitrogens is 9. The van der Waals surface area contributed by atoms with Gasteiger partial charge in [-0.25, -0.2) is 14.0 Å². The van der Waals surface area contributed by atoms with Crippen LogP contribution in [-0.2, 0) is 37.3 Å². The zero-order valence-corrected chi connectivity index (χ0v) is 24.4. The van der Waals surface area contributed by atoms with Gasteiger partial charge in [0.05, 0.1) is 59.9 Å². The monoisotopic (exact) mass is 534 g/mol. The number of ether oxygens (including phenoxy) is 1. The summed E-state index contributed by atoms with van der Waals surface area (Å²) in [5, 5.41) is 26.3. The van der Waals surface area contributed by atoms with Crippen molar-refractivity contribution in [2.24, 2.45) is 0 Å². The van der Waals surface area contributed by atoms with Gasteiger partial charge in [0, 0.05) is 19.6 Å². The molecule has 0 radical (unpaired) electrons. The van der Waals surface area contributed by atoms with Crippen LogP contribution in [0.3, 0.4) is 0 Å². The van der Waals surface area contributed by atoms with Crippen molar-refractivity contribution in [3.63, 3.8) is 0 Å². The van der Waals surface area contributed by atoms with Crippen molar-refractivity contribution in [2.45, 2.75) is 98.6 Å². The molecule has 0 spiro atoms. The summed E-state index contributed by atoms with van der Waals surface area (Å²) in [5.74, 6) is 0.897. The van der Waals surface area contributed by atoms with Crippen LogP contribution >= 0.6 is 0 Å². The molecule has 0 unspecified atom stereocenters. The molecule has 0 aliphatic carbocycles. The molecule has 39 heavy (non-hydrogen) atoms. The Hall–Kier alpha value is -3.60. The van der Waals surface area contributed by atoms with Crippen LogP contribution in [0.1, 0.15) is 84.0 Å². The van der Waals surface area contributed by atoms with Crippen molar-refractivity contribution in [1.82, 2.24) is 49.9 Å². The number of hydrogen-bond acceptors (Lipinski definition) is 8. The predicted molar refractivity (Wildman–Crippen MR) is 149 cm³/mol. The highest BCUT2D eigenvalue weighted by molar-refractivity contribution is 5.27. The molecule has 3 heterocycles. The summed E-state index contributed by atoms with van der Waals surface area (Å²) in [4.78, 5) is 2.24. The first kappa shape index (κ1) is 28.4. The summed E-state index contributed by atoms with van der Waals surface area (Å²) in [7, 11) is 0. The van der Waals surface area contributed by atoms with E-state index in [4.69, 9.17) is 4.74 Å². The highest BCUT2D eigenvalue weighted by Gasteiger charge is 2.20. The van der Waals surface area contributed by atoms with E-state index in [0.717, 1.165) is 47.8 Å². The Morgan fingerprint density at radius 3 is 1.72 bits per heavy atom. The van der Waals surface area contributed by atoms with Crippen LogP contribution in [0.2, 0.25) is 0 Å². The largest absolute Gasteiger partial charge is 0.494 e. The van der Waals surface area contributed by atoms with Crippen molar-refractivity contribution >= 4 is 0 Å². The molecule has 0 amide bonds. The smallest absolute Gasteiger partial charge is 0.119 e. The number of benzene rings is 1. The second kappa shape index (κ2) is 12.1. The third-order valence-corrected chi connectivity index (χ3v) is 6.23. The summed E-state index contributed by atoms with van der Waals surface area (Å²) >= 11 is 0. The minimum atomic E-state index is -0.131. The van der Waals surface area contributed by atoms with Crippen molar-refractivity contribution in [1.29, 1.82) is 0 Å². The number of unbranched alkanes of at least 4 members (excludes halogenated alkanes) is 1. The molecule has 0 saturated heterocycles. The molecule has 0 bridgehead atoms. The third-order valence-electron chi connectivity index (χ3n) is 6.23. The van der Waals surface area contributed by atoms with Crippen LogP contribution in [0.15, 0.2) is 42.9 Å². The molecule has 0 saturated carbocycles. The van der Waals surface area contributed by atoms with E-state index >= 15 is 0 Å². The minimum Gasteiger partial charge on any atom is -0.494 e. The lowest BCUT2D eigenvalue weighted by Crippen LogP contribution is -2.24. The Morgan fingerprint density at radius 1 is 0.718 bits per heavy atom. The Labute approximate surface area is 231 Å². The van der Waals surface area contributed by atoms with Gasteiger partial charge in [0.15, 0.2) is 0 Å². The average molecular weight is 535 g/mol. The Balaban J connectivity index is 1.44. The van der Waals surface area contributed by atoms with E-state index in [0.29, 0.717) is 26.2 Å². The van der Waals surface area contributed by atoms with Crippen LogP contribution in [0.4, 0.5) is 0 Å². The van der Waals surface area contributed by atoms with Gasteiger partial charge in [-0.3, -0.25) is 4.90 Å². The minimum absolute atomic E-state index is 0.131. The van der Waals surface area contributed by atoms with E-state index in [1.165, 1.54) is 0 Å². The van der Waals surface area contributed by atoms with Gasteiger partial charge in [-0.2, -0.15) is 0 Å². The zero-order chi connectivity index (χ0) is 28.0. The van der Waals surface area contributed by atoms with Crippen LogP contribution in [0.25, 0.3) is 0 Å². The first-order valence-corrected chi connectivity index (χ1v) is 13.7. The van der Waals surface area contributed by atoms with Crippen LogP contribution in [0.5, 0.6) is 5.75 Å². The predicted octanol–water partition coefficient (Wildman–Crippen LogP) is 4.40. The highest BCUT2D eigenvalue weighted by atomic mass is 16.5. The lowest BCUT2D eigenvalue weighted by molar-refractivity contribution is 0.238. The maximum Gasteiger partial charge on any atom is 0.119 e. The summed E-state index contributed by atoms with van der Waals surface area (Å²) in [6.45, 7) is 18.0. The average Bonchev–Trinajstić information content (AvgIpc) is 3.62. The molecule has 0 aliphatic rings. The van der Waals surface area contributed by atoms with Crippen molar-refractivity contribution < 1.29 is 4.74 Å². The summed E-state index contributed by atoms with van der Waals surface area (Å²) < 4.78 is 11.4. The molecule has 3 aromatic heterocycles. The van der Waals surface area contributed by atoms with Gasteiger partial charge in [-0.05, 0) is 65.7 Å². The first-order chi connectivity index (χ1) is 18.5. The second-order valence-electron chi connectivity index (χ2n) is 12.0. The molecule has 4 rings (SSSR count). The van der Waals surface area contributed by atoms with Gasteiger partial charge < -0.3 is 4.74 Å². The fraction of sp³-hybridized carbons (Fsp3) is 0.571. The number of rotatable bonds is 12. The van der Waals surface area contributed by atoms with E-state index in [1.54, 1.807) is 0 Å². The third kappa shape index (κ3) is 8.19. The molecule has 0 aliphatic heterocycles. The quantitative estimate of drug-likeness (QED) is 0.246. The van der Waals surface area contributed by atoms with Gasteiger partial charge in [0.2, 0.25) is 0 Å². The summed E-state index contributed by atoms with van der Waals surface area (Å²) in [6, 6.07) is 8.18. The van der Waals surface area contributed by atoms with Gasteiger partial charge in [0.25, 0.3) is 0 Å². The lowest BCUT2D eigenvalue weighted by Gasteiger charge is -2.20. The van der Waals surface area contributed by atoms with Crippen LogP contribution in [-0.4, -0.2) is 56.5 Å². The van der Waals surface area contributed by atoms with E-state index < -0.39 is 0 Å². The first-order valence-electron chi connectivity index (χ1n) is 13.7. The standard InChI is InChI=1S/C28H42N10O/c1-8-9-14-39-26-12-10-22(11-13-26)15-36-19-23(29-32-36)16-35(17-24-20-37(33-30-24)27(2,3)4)18-25-21-38(34-31-25)28(5,6)7/h10-13,19-21H,8-9,14-18H2,1-7H3. The molecule has 11 nitrogen and oxygen atoms in total. The van der Waals surface area contributed by atoms with E-state index in [2.05, 4.69) is 96.4 Å². The van der Waals surface area contributed by atoms with Crippen molar-refractivity contribution in [3.8, 4) is 5.75 Å². The molecular formula is C28H42N10O. The fourth-order valence-corrected chi connectivity index (χ4v) is 3.95. The Kier molecular flexibility index (Phi) is 8.79. The molecular weight excluding hydrogens is 492 g/mol.